The van der Waals surface area contributed by atoms with Crippen molar-refractivity contribution in [3.8, 4) is 0 Å². The van der Waals surface area contributed by atoms with E-state index in [2.05, 4.69) is 6.92 Å². The van der Waals surface area contributed by atoms with Gasteiger partial charge in [-0.1, -0.05) is 58.3 Å². The van der Waals surface area contributed by atoms with Crippen molar-refractivity contribution in [2.45, 2.75) is 96.4 Å². The van der Waals surface area contributed by atoms with E-state index < -0.39 is 12.0 Å². The lowest BCUT2D eigenvalue weighted by Crippen LogP contribution is -2.42. The lowest BCUT2D eigenvalue weighted by Gasteiger charge is -2.25. The number of carboxylic acids is 1. The Labute approximate surface area is 148 Å². The van der Waals surface area contributed by atoms with Crippen LogP contribution in [0.1, 0.15) is 90.4 Å². The van der Waals surface area contributed by atoms with Crippen LogP contribution < -0.4 is 5.73 Å². The number of nitrogens with two attached hydrogens (primary N) is 1. The van der Waals surface area contributed by atoms with Crippen LogP contribution in [-0.2, 0) is 9.59 Å². The van der Waals surface area contributed by atoms with Crippen molar-refractivity contribution in [1.82, 2.24) is 4.90 Å². The first kappa shape index (κ1) is 22.9. The monoisotopic (exact) mass is 342 g/mol. The molecule has 0 spiro atoms. The van der Waals surface area contributed by atoms with Gasteiger partial charge in [0.2, 0.25) is 5.91 Å². The predicted molar refractivity (Wildman–Crippen MR) is 98.9 cm³/mol. The van der Waals surface area contributed by atoms with Crippen LogP contribution in [0, 0.1) is 0 Å². The summed E-state index contributed by atoms with van der Waals surface area (Å²) in [5.74, 6) is -0.979. The summed E-state index contributed by atoms with van der Waals surface area (Å²) in [5, 5.41) is 9.30. The Morgan fingerprint density at radius 3 is 1.96 bits per heavy atom. The highest BCUT2D eigenvalue weighted by molar-refractivity contribution is 5.83. The zero-order valence-electron chi connectivity index (χ0n) is 15.8. The largest absolute Gasteiger partial charge is 0.480 e. The average Bonchev–Trinajstić information content (AvgIpc) is 2.56. The maximum atomic E-state index is 12.2. The fourth-order valence-corrected chi connectivity index (χ4v) is 2.90. The topological polar surface area (TPSA) is 83.6 Å². The van der Waals surface area contributed by atoms with Crippen molar-refractivity contribution in [2.75, 3.05) is 13.6 Å². The van der Waals surface area contributed by atoms with E-state index in [1.807, 2.05) is 0 Å². The molecule has 0 saturated heterocycles. The fraction of sp³-hybridized carbons (Fsp3) is 0.895. The summed E-state index contributed by atoms with van der Waals surface area (Å²) < 4.78 is 0. The van der Waals surface area contributed by atoms with E-state index in [0.29, 0.717) is 19.4 Å². The molecule has 5 heteroatoms. The third-order valence-electron chi connectivity index (χ3n) is 4.57. The van der Waals surface area contributed by atoms with Gasteiger partial charge in [0.15, 0.2) is 0 Å². The highest BCUT2D eigenvalue weighted by Gasteiger charge is 2.25. The fourth-order valence-electron chi connectivity index (χ4n) is 2.90. The Hall–Kier alpha value is -1.10. The molecule has 0 aliphatic heterocycles. The molecule has 0 aliphatic rings. The van der Waals surface area contributed by atoms with Crippen LogP contribution in [0.25, 0.3) is 0 Å². The Balaban J connectivity index is 3.84. The number of carbonyl (C=O) groups excluding carboxylic acids is 1. The van der Waals surface area contributed by atoms with Crippen molar-refractivity contribution in [1.29, 1.82) is 0 Å². The van der Waals surface area contributed by atoms with Gasteiger partial charge in [-0.25, -0.2) is 4.79 Å². The molecule has 0 saturated carbocycles. The second-order valence-electron chi connectivity index (χ2n) is 6.72. The lowest BCUT2D eigenvalue weighted by molar-refractivity contribution is -0.149. The Kier molecular flexibility index (Phi) is 14.7. The molecule has 1 unspecified atom stereocenters. The van der Waals surface area contributed by atoms with E-state index in [1.54, 1.807) is 7.05 Å². The molecular formula is C19H38N2O3. The molecule has 0 radical (unpaired) electrons. The first-order valence-electron chi connectivity index (χ1n) is 9.73. The van der Waals surface area contributed by atoms with Crippen LogP contribution in [0.5, 0.6) is 0 Å². The van der Waals surface area contributed by atoms with Crippen molar-refractivity contribution >= 4 is 11.9 Å². The van der Waals surface area contributed by atoms with Gasteiger partial charge in [0.25, 0.3) is 0 Å². The molecule has 24 heavy (non-hydrogen) atoms. The zero-order valence-corrected chi connectivity index (χ0v) is 15.8. The molecule has 5 nitrogen and oxygen atoms in total. The molecule has 0 aromatic carbocycles. The highest BCUT2D eigenvalue weighted by Crippen LogP contribution is 2.13. The maximum absolute atomic E-state index is 12.2. The van der Waals surface area contributed by atoms with Crippen molar-refractivity contribution < 1.29 is 14.7 Å². The van der Waals surface area contributed by atoms with Crippen LogP contribution in [0.3, 0.4) is 0 Å². The SMILES string of the molecule is CCCCCCCCCCCC(=O)N(C)C(CCCCN)C(=O)O. The van der Waals surface area contributed by atoms with Gasteiger partial charge in [0.05, 0.1) is 0 Å². The Bertz CT molecular complexity index is 335. The minimum atomic E-state index is -0.921. The third kappa shape index (κ3) is 11.4. The van der Waals surface area contributed by atoms with Crippen LogP contribution in [-0.4, -0.2) is 41.5 Å². The van der Waals surface area contributed by atoms with Crippen molar-refractivity contribution in [2.24, 2.45) is 5.73 Å². The summed E-state index contributed by atoms with van der Waals surface area (Å²) in [5.41, 5.74) is 5.44. The molecule has 142 valence electrons. The van der Waals surface area contributed by atoms with Gasteiger partial charge >= 0.3 is 5.97 Å². The summed E-state index contributed by atoms with van der Waals surface area (Å²) in [6, 6.07) is -0.720. The molecule has 0 aliphatic carbocycles. The number of hydrogen-bond donors (Lipinski definition) is 2. The molecular weight excluding hydrogens is 304 g/mol. The molecule has 0 heterocycles. The minimum Gasteiger partial charge on any atom is -0.480 e. The smallest absolute Gasteiger partial charge is 0.326 e. The Morgan fingerprint density at radius 1 is 0.917 bits per heavy atom. The number of amides is 1. The number of carbonyl (C=O) groups is 2. The van der Waals surface area contributed by atoms with Gasteiger partial charge < -0.3 is 15.7 Å². The van der Waals surface area contributed by atoms with Crippen molar-refractivity contribution in [3.63, 3.8) is 0 Å². The third-order valence-corrected chi connectivity index (χ3v) is 4.57. The number of likely N-dealkylation sites (N-methyl/N-ethyl adjacent to an activating group) is 1. The van der Waals surface area contributed by atoms with Crippen LogP contribution in [0.2, 0.25) is 0 Å². The molecule has 0 rings (SSSR count). The maximum Gasteiger partial charge on any atom is 0.326 e. The highest BCUT2D eigenvalue weighted by atomic mass is 16.4. The molecule has 0 bridgehead atoms. The van der Waals surface area contributed by atoms with Gasteiger partial charge in [-0.3, -0.25) is 4.79 Å². The van der Waals surface area contributed by atoms with E-state index in [4.69, 9.17) is 5.73 Å². The number of nitrogens with zero attached hydrogens (tertiary/aromatic N) is 1. The van der Waals surface area contributed by atoms with Gasteiger partial charge in [-0.2, -0.15) is 0 Å². The van der Waals surface area contributed by atoms with E-state index in [9.17, 15) is 14.7 Å². The number of aliphatic carboxylic acids is 1. The number of unbranched alkanes of at least 4 members (excludes halogenated alkanes) is 9. The van der Waals surface area contributed by atoms with Crippen LogP contribution in [0.4, 0.5) is 0 Å². The van der Waals surface area contributed by atoms with Crippen LogP contribution >= 0.6 is 0 Å². The normalized spacial score (nSPS) is 12.1. The number of hydrogen-bond acceptors (Lipinski definition) is 3. The van der Waals surface area contributed by atoms with Gasteiger partial charge in [-0.05, 0) is 32.2 Å². The van der Waals surface area contributed by atoms with E-state index in [0.717, 1.165) is 25.7 Å². The summed E-state index contributed by atoms with van der Waals surface area (Å²) in [7, 11) is 1.61. The lowest BCUT2D eigenvalue weighted by atomic mass is 10.1. The first-order valence-corrected chi connectivity index (χ1v) is 9.73. The van der Waals surface area contributed by atoms with E-state index >= 15 is 0 Å². The zero-order chi connectivity index (χ0) is 18.2. The molecule has 0 fully saturated rings. The average molecular weight is 343 g/mol. The summed E-state index contributed by atoms with van der Waals surface area (Å²) in [4.78, 5) is 24.9. The number of rotatable bonds is 16. The molecule has 0 aromatic rings. The quantitative estimate of drug-likeness (QED) is 0.416. The summed E-state index contributed by atoms with van der Waals surface area (Å²) >= 11 is 0. The minimum absolute atomic E-state index is 0.0573. The van der Waals surface area contributed by atoms with Gasteiger partial charge in [0.1, 0.15) is 6.04 Å². The standard InChI is InChI=1S/C19H38N2O3/c1-3-4-5-6-7-8-9-10-11-15-18(22)21(2)17(19(23)24)14-12-13-16-20/h17H,3-16,20H2,1-2H3,(H,23,24). The molecule has 3 N–H and O–H groups in total. The summed E-state index contributed by atoms with van der Waals surface area (Å²) in [6.07, 6.45) is 13.3. The van der Waals surface area contributed by atoms with Crippen molar-refractivity contribution in [3.05, 3.63) is 0 Å². The molecule has 1 amide bonds. The van der Waals surface area contributed by atoms with E-state index in [-0.39, 0.29) is 5.91 Å². The first-order chi connectivity index (χ1) is 11.5. The predicted octanol–water partition coefficient (Wildman–Crippen LogP) is 3.95. The number of carboxylic acid groups (broad SMARTS) is 1. The summed E-state index contributed by atoms with van der Waals surface area (Å²) in [6.45, 7) is 2.78. The van der Waals surface area contributed by atoms with Gasteiger partial charge in [0, 0.05) is 13.5 Å². The van der Waals surface area contributed by atoms with Crippen LogP contribution in [0.15, 0.2) is 0 Å². The van der Waals surface area contributed by atoms with Gasteiger partial charge in [-0.15, -0.1) is 0 Å². The second kappa shape index (κ2) is 15.4. The second-order valence-corrected chi connectivity index (χ2v) is 6.72. The molecule has 1 atom stereocenters. The Morgan fingerprint density at radius 2 is 1.46 bits per heavy atom. The van der Waals surface area contributed by atoms with E-state index in [1.165, 1.54) is 49.8 Å². The molecule has 0 aromatic heterocycles.